The maximum Gasteiger partial charge on any atom is 0.210 e. The maximum atomic E-state index is 9.21. The van der Waals surface area contributed by atoms with E-state index in [0.29, 0.717) is 0 Å². The van der Waals surface area contributed by atoms with Crippen molar-refractivity contribution in [2.24, 2.45) is 5.16 Å². The second-order valence-electron chi connectivity index (χ2n) is 3.81. The topological polar surface area (TPSA) is 102 Å². The number of hydrogen-bond acceptors (Lipinski definition) is 6. The molecule has 0 aliphatic carbocycles. The van der Waals surface area contributed by atoms with Crippen molar-refractivity contribution in [1.29, 1.82) is 0 Å². The van der Waals surface area contributed by atoms with Gasteiger partial charge in [-0.1, -0.05) is 27.2 Å². The lowest BCUT2D eigenvalue weighted by atomic mass is 10.2. The number of rotatable bonds is 1. The van der Waals surface area contributed by atoms with Crippen LogP contribution >= 0.6 is 39.9 Å². The van der Waals surface area contributed by atoms with Crippen LogP contribution in [0.25, 0.3) is 10.9 Å². The average Bonchev–Trinajstić information content (AvgIpc) is 2.99. The van der Waals surface area contributed by atoms with E-state index >= 15 is 0 Å². The fourth-order valence-electron chi connectivity index (χ4n) is 1.85. The number of halogens is 2. The van der Waals surface area contributed by atoms with E-state index in [4.69, 9.17) is 5.73 Å². The number of oxime groups is 1. The Morgan fingerprint density at radius 3 is 2.80 bits per heavy atom. The summed E-state index contributed by atoms with van der Waals surface area (Å²) in [6.45, 7) is 0. The van der Waals surface area contributed by atoms with Crippen LogP contribution in [0.2, 0.25) is 0 Å². The monoisotopic (exact) mass is 449 g/mol. The predicted octanol–water partition coefficient (Wildman–Crippen LogP) is 2.67. The Morgan fingerprint density at radius 1 is 1.35 bits per heavy atom. The molecule has 0 fully saturated rings. The van der Waals surface area contributed by atoms with Gasteiger partial charge in [-0.3, -0.25) is 4.57 Å². The predicted molar refractivity (Wildman–Crippen MR) is 87.5 cm³/mol. The van der Waals surface area contributed by atoms with Crippen molar-refractivity contribution in [3.8, 4) is 0 Å². The van der Waals surface area contributed by atoms with Gasteiger partial charge in [-0.25, -0.2) is 4.63 Å². The molecule has 0 unspecified atom stereocenters. The molecule has 0 aliphatic heterocycles. The molecule has 104 valence electrons. The van der Waals surface area contributed by atoms with E-state index in [0.717, 1.165) is 15.4 Å². The zero-order valence-electron chi connectivity index (χ0n) is 9.89. The Bertz CT molecular complexity index is 782. The van der Waals surface area contributed by atoms with Gasteiger partial charge in [0, 0.05) is 16.1 Å². The molecule has 2 heterocycles. The molecule has 20 heavy (non-hydrogen) atoms. The van der Waals surface area contributed by atoms with Crippen LogP contribution in [0.1, 0.15) is 5.69 Å². The van der Waals surface area contributed by atoms with Gasteiger partial charge in [0.2, 0.25) is 5.84 Å². The van der Waals surface area contributed by atoms with Gasteiger partial charge in [-0.05, 0) is 28.5 Å². The largest absolute Gasteiger partial charge is 0.409 e. The van der Waals surface area contributed by atoms with Crippen LogP contribution in [-0.2, 0) is 0 Å². The minimum Gasteiger partial charge on any atom is -0.409 e. The zero-order valence-corrected chi connectivity index (χ0v) is 13.8. The first kappa shape index (κ1) is 14.8. The smallest absolute Gasteiger partial charge is 0.210 e. The van der Waals surface area contributed by atoms with Gasteiger partial charge in [0.05, 0.1) is 5.52 Å². The minimum absolute atomic E-state index is 0. The van der Waals surface area contributed by atoms with Crippen LogP contribution in [0.3, 0.4) is 0 Å². The van der Waals surface area contributed by atoms with Crippen molar-refractivity contribution in [3.05, 3.63) is 40.6 Å². The second-order valence-corrected chi connectivity index (χ2v) is 4.73. The lowest BCUT2D eigenvalue weighted by Gasteiger charge is -2.05. The van der Waals surface area contributed by atoms with Gasteiger partial charge in [-0.15, -0.1) is 24.0 Å². The number of aromatic nitrogens is 3. The normalized spacial score (nSPS) is 11.6. The molecule has 0 saturated carbocycles. The molecule has 0 saturated heterocycles. The van der Waals surface area contributed by atoms with Crippen LogP contribution in [-0.4, -0.2) is 25.9 Å². The molecule has 0 spiro atoms. The van der Waals surface area contributed by atoms with Gasteiger partial charge in [-0.2, -0.15) is 0 Å². The van der Waals surface area contributed by atoms with Crippen LogP contribution in [0, 0.1) is 0 Å². The summed E-state index contributed by atoms with van der Waals surface area (Å²) in [5.41, 5.74) is 6.63. The minimum atomic E-state index is 0. The third-order valence-corrected chi connectivity index (χ3v) is 3.20. The van der Waals surface area contributed by atoms with Crippen molar-refractivity contribution in [2.45, 2.75) is 0 Å². The summed E-state index contributed by atoms with van der Waals surface area (Å²) in [6, 6.07) is 7.64. The Hall–Kier alpha value is -1.62. The highest BCUT2D eigenvalue weighted by Crippen LogP contribution is 2.22. The van der Waals surface area contributed by atoms with Crippen molar-refractivity contribution < 1.29 is 9.84 Å². The van der Waals surface area contributed by atoms with Gasteiger partial charge >= 0.3 is 0 Å². The highest BCUT2D eigenvalue weighted by molar-refractivity contribution is 14.0. The molecule has 3 aromatic rings. The molecule has 9 heteroatoms. The SMILES string of the molecule is I.Nc1nonc1/C(=N/O)n1ccc2ccc(Br)cc21. The average molecular weight is 450 g/mol. The van der Waals surface area contributed by atoms with Gasteiger partial charge in [0.1, 0.15) is 0 Å². The molecule has 0 atom stereocenters. The summed E-state index contributed by atoms with van der Waals surface area (Å²) in [5, 5.41) is 20.5. The summed E-state index contributed by atoms with van der Waals surface area (Å²) >= 11 is 3.40. The molecule has 3 N–H and O–H groups in total. The van der Waals surface area contributed by atoms with Crippen LogP contribution in [0.5, 0.6) is 0 Å². The molecule has 3 rings (SSSR count). The fraction of sp³-hybridized carbons (Fsp3) is 0. The fourth-order valence-corrected chi connectivity index (χ4v) is 2.20. The maximum absolute atomic E-state index is 9.21. The quantitative estimate of drug-likeness (QED) is 0.195. The number of fused-ring (bicyclic) bond motifs is 1. The number of hydrogen-bond donors (Lipinski definition) is 2. The lowest BCUT2D eigenvalue weighted by Crippen LogP contribution is -2.14. The highest BCUT2D eigenvalue weighted by atomic mass is 127. The standard InChI is InChI=1S/C11H8BrN5O2.HI/c12-7-2-1-6-3-4-17(8(6)5-7)11(14-18)9-10(13)16-19-15-9;/h1-5,18H,(H2,13,16);1H/b14-11-;. The Labute approximate surface area is 138 Å². The summed E-state index contributed by atoms with van der Waals surface area (Å²) in [5.74, 6) is 0.205. The van der Waals surface area contributed by atoms with Gasteiger partial charge in [0.15, 0.2) is 11.5 Å². The molecule has 1 aromatic carbocycles. The van der Waals surface area contributed by atoms with Crippen LogP contribution in [0.4, 0.5) is 5.82 Å². The van der Waals surface area contributed by atoms with E-state index in [1.807, 2.05) is 24.3 Å². The van der Waals surface area contributed by atoms with Gasteiger partial charge in [0.25, 0.3) is 0 Å². The second kappa shape index (κ2) is 5.79. The number of nitrogens with zero attached hydrogens (tertiary/aromatic N) is 4. The summed E-state index contributed by atoms with van der Waals surface area (Å²) in [7, 11) is 0. The molecular weight excluding hydrogens is 441 g/mol. The first-order valence-electron chi connectivity index (χ1n) is 5.28. The molecular formula is C11H9BrIN5O2. The molecule has 2 aromatic heterocycles. The summed E-state index contributed by atoms with van der Waals surface area (Å²) in [6.07, 6.45) is 1.75. The molecule has 7 nitrogen and oxygen atoms in total. The third-order valence-electron chi connectivity index (χ3n) is 2.70. The Balaban J connectivity index is 0.00000147. The van der Waals surface area contributed by atoms with E-state index in [1.165, 1.54) is 0 Å². The highest BCUT2D eigenvalue weighted by Gasteiger charge is 2.18. The van der Waals surface area contributed by atoms with Crippen LogP contribution < -0.4 is 5.73 Å². The van der Waals surface area contributed by atoms with Crippen molar-refractivity contribution >= 4 is 62.5 Å². The number of nitrogens with two attached hydrogens (primary N) is 1. The Morgan fingerprint density at radius 2 is 2.15 bits per heavy atom. The van der Waals surface area contributed by atoms with E-state index in [2.05, 4.69) is 36.0 Å². The van der Waals surface area contributed by atoms with E-state index in [-0.39, 0.29) is 41.3 Å². The van der Waals surface area contributed by atoms with Crippen molar-refractivity contribution in [2.75, 3.05) is 5.73 Å². The summed E-state index contributed by atoms with van der Waals surface area (Å²) in [4.78, 5) is 0. The molecule has 0 aliphatic rings. The van der Waals surface area contributed by atoms with Crippen LogP contribution in [0.15, 0.2) is 44.7 Å². The molecule has 0 radical (unpaired) electrons. The molecule has 0 bridgehead atoms. The first-order chi connectivity index (χ1) is 9.20. The summed E-state index contributed by atoms with van der Waals surface area (Å²) < 4.78 is 7.08. The van der Waals surface area contributed by atoms with Crippen molar-refractivity contribution in [3.63, 3.8) is 0 Å². The Kier molecular flexibility index (Phi) is 4.28. The zero-order chi connectivity index (χ0) is 13.4. The lowest BCUT2D eigenvalue weighted by molar-refractivity contribution is 0.304. The number of nitrogen functional groups attached to an aromatic ring is 1. The van der Waals surface area contributed by atoms with E-state index in [9.17, 15) is 5.21 Å². The van der Waals surface area contributed by atoms with E-state index in [1.54, 1.807) is 10.8 Å². The third kappa shape index (κ3) is 2.38. The number of benzene rings is 1. The van der Waals surface area contributed by atoms with E-state index < -0.39 is 0 Å². The van der Waals surface area contributed by atoms with Gasteiger partial charge < -0.3 is 10.9 Å². The first-order valence-corrected chi connectivity index (χ1v) is 6.07. The number of anilines is 1. The van der Waals surface area contributed by atoms with Crippen molar-refractivity contribution in [1.82, 2.24) is 14.9 Å². The molecule has 0 amide bonds.